The highest BCUT2D eigenvalue weighted by Gasteiger charge is 2.21. The Morgan fingerprint density at radius 2 is 2.14 bits per heavy atom. The first-order valence-corrected chi connectivity index (χ1v) is 6.97. The molecule has 1 aromatic rings. The van der Waals surface area contributed by atoms with Crippen LogP contribution in [0.5, 0.6) is 0 Å². The van der Waals surface area contributed by atoms with Gasteiger partial charge in [-0.25, -0.2) is 0 Å². The molecule has 0 bridgehead atoms. The number of hydrogen-bond donors (Lipinski definition) is 2. The molecule has 2 amide bonds. The van der Waals surface area contributed by atoms with Crippen LogP contribution in [0.1, 0.15) is 28.8 Å². The molecule has 0 saturated carbocycles. The van der Waals surface area contributed by atoms with Gasteiger partial charge >= 0.3 is 0 Å². The highest BCUT2D eigenvalue weighted by atomic mass is 16.2. The first kappa shape index (κ1) is 15.1. The maximum Gasteiger partial charge on any atom is 0.255 e. The summed E-state index contributed by atoms with van der Waals surface area (Å²) in [7, 11) is 0. The van der Waals surface area contributed by atoms with E-state index in [1.54, 1.807) is 23.1 Å². The summed E-state index contributed by atoms with van der Waals surface area (Å²) in [5.41, 5.74) is 1.19. The summed E-state index contributed by atoms with van der Waals surface area (Å²) in [6.45, 7) is 1.40. The van der Waals surface area contributed by atoms with Gasteiger partial charge in [-0.3, -0.25) is 9.59 Å². The number of benzene rings is 1. The average molecular weight is 286 g/mol. The van der Waals surface area contributed by atoms with Gasteiger partial charge < -0.3 is 15.3 Å². The standard InChI is InChI=1S/C16H18N2O3/c19-12-4-3-6-13-5-1-2-7-14(13)16(21)18-10-8-15(20)17-9-11-18/h1-2,5,7,19H,4,8-12H2,(H,17,20). The van der Waals surface area contributed by atoms with E-state index in [4.69, 9.17) is 5.11 Å². The molecule has 21 heavy (non-hydrogen) atoms. The van der Waals surface area contributed by atoms with E-state index in [2.05, 4.69) is 17.2 Å². The van der Waals surface area contributed by atoms with Crippen molar-refractivity contribution in [2.75, 3.05) is 26.2 Å². The van der Waals surface area contributed by atoms with Crippen molar-refractivity contribution in [3.63, 3.8) is 0 Å². The minimum Gasteiger partial charge on any atom is -0.395 e. The Balaban J connectivity index is 2.19. The second kappa shape index (κ2) is 7.46. The van der Waals surface area contributed by atoms with Gasteiger partial charge in [-0.1, -0.05) is 24.0 Å². The van der Waals surface area contributed by atoms with E-state index in [0.29, 0.717) is 43.6 Å². The predicted octanol–water partition coefficient (Wildman–Crippen LogP) is 0.383. The zero-order chi connectivity index (χ0) is 15.1. The lowest BCUT2D eigenvalue weighted by Crippen LogP contribution is -2.34. The lowest BCUT2D eigenvalue weighted by atomic mass is 10.1. The molecule has 0 unspecified atom stereocenters. The molecule has 1 heterocycles. The first-order chi connectivity index (χ1) is 10.2. The molecule has 5 heteroatoms. The first-order valence-electron chi connectivity index (χ1n) is 6.97. The number of nitrogens with one attached hydrogen (secondary N) is 1. The minimum atomic E-state index is -0.111. The molecule has 2 rings (SSSR count). The highest BCUT2D eigenvalue weighted by molar-refractivity contribution is 5.97. The quantitative estimate of drug-likeness (QED) is 0.772. The molecular weight excluding hydrogens is 268 g/mol. The zero-order valence-corrected chi connectivity index (χ0v) is 11.8. The Morgan fingerprint density at radius 3 is 2.95 bits per heavy atom. The number of carbonyl (C=O) groups is 2. The number of hydrogen-bond acceptors (Lipinski definition) is 3. The van der Waals surface area contributed by atoms with Crippen molar-refractivity contribution in [3.05, 3.63) is 35.4 Å². The Kier molecular flexibility index (Phi) is 5.35. The fourth-order valence-electron chi connectivity index (χ4n) is 2.13. The number of rotatable bonds is 2. The summed E-state index contributed by atoms with van der Waals surface area (Å²) in [6, 6.07) is 7.16. The third kappa shape index (κ3) is 4.07. The van der Waals surface area contributed by atoms with Gasteiger partial charge in [0, 0.05) is 38.0 Å². The van der Waals surface area contributed by atoms with E-state index in [9.17, 15) is 9.59 Å². The van der Waals surface area contributed by atoms with Gasteiger partial charge in [0.25, 0.3) is 5.91 Å². The molecule has 1 aromatic carbocycles. The fraction of sp³-hybridized carbons (Fsp3) is 0.375. The van der Waals surface area contributed by atoms with Gasteiger partial charge in [-0.2, -0.15) is 0 Å². The molecule has 2 N–H and O–H groups in total. The van der Waals surface area contributed by atoms with Crippen molar-refractivity contribution in [2.24, 2.45) is 0 Å². The fourth-order valence-corrected chi connectivity index (χ4v) is 2.13. The van der Waals surface area contributed by atoms with Crippen LogP contribution in [0.4, 0.5) is 0 Å². The highest BCUT2D eigenvalue weighted by Crippen LogP contribution is 2.12. The van der Waals surface area contributed by atoms with Crippen molar-refractivity contribution < 1.29 is 14.7 Å². The molecule has 1 aliphatic rings. The smallest absolute Gasteiger partial charge is 0.255 e. The average Bonchev–Trinajstić information content (AvgIpc) is 2.72. The lowest BCUT2D eigenvalue weighted by molar-refractivity contribution is -0.120. The molecule has 0 aromatic heterocycles. The third-order valence-electron chi connectivity index (χ3n) is 3.22. The Morgan fingerprint density at radius 1 is 1.33 bits per heavy atom. The van der Waals surface area contributed by atoms with E-state index in [1.807, 2.05) is 6.07 Å². The van der Waals surface area contributed by atoms with Gasteiger partial charge in [-0.15, -0.1) is 0 Å². The molecule has 1 fully saturated rings. The summed E-state index contributed by atoms with van der Waals surface area (Å²) in [4.78, 5) is 25.6. The normalized spacial score (nSPS) is 14.7. The van der Waals surface area contributed by atoms with Crippen LogP contribution >= 0.6 is 0 Å². The summed E-state index contributed by atoms with van der Waals surface area (Å²) in [5, 5.41) is 11.5. The van der Waals surface area contributed by atoms with Crippen LogP contribution in [-0.2, 0) is 4.79 Å². The summed E-state index contributed by atoms with van der Waals surface area (Å²) >= 11 is 0. The van der Waals surface area contributed by atoms with Crippen molar-refractivity contribution in [3.8, 4) is 11.8 Å². The number of amides is 2. The van der Waals surface area contributed by atoms with Crippen LogP contribution in [-0.4, -0.2) is 48.1 Å². The Labute approximate surface area is 124 Å². The molecule has 0 atom stereocenters. The van der Waals surface area contributed by atoms with E-state index >= 15 is 0 Å². The molecule has 110 valence electrons. The van der Waals surface area contributed by atoms with Crippen LogP contribution < -0.4 is 5.32 Å². The molecule has 0 spiro atoms. The van der Waals surface area contributed by atoms with Crippen LogP contribution in [0.2, 0.25) is 0 Å². The van der Waals surface area contributed by atoms with E-state index in [1.165, 1.54) is 0 Å². The molecule has 1 saturated heterocycles. The summed E-state index contributed by atoms with van der Waals surface area (Å²) in [6.07, 6.45) is 0.703. The van der Waals surface area contributed by atoms with Crippen LogP contribution in [0.15, 0.2) is 24.3 Å². The van der Waals surface area contributed by atoms with Gasteiger partial charge in [-0.05, 0) is 12.1 Å². The molecule has 1 aliphatic heterocycles. The van der Waals surface area contributed by atoms with Crippen molar-refractivity contribution in [1.82, 2.24) is 10.2 Å². The van der Waals surface area contributed by atoms with Gasteiger partial charge in [0.05, 0.1) is 12.2 Å². The molecular formula is C16H18N2O3. The second-order valence-corrected chi connectivity index (χ2v) is 4.71. The minimum absolute atomic E-state index is 0.00300. The molecule has 0 radical (unpaired) electrons. The largest absolute Gasteiger partial charge is 0.395 e. The van der Waals surface area contributed by atoms with Gasteiger partial charge in [0.15, 0.2) is 0 Å². The van der Waals surface area contributed by atoms with Gasteiger partial charge in [0.2, 0.25) is 5.91 Å². The van der Waals surface area contributed by atoms with Crippen molar-refractivity contribution in [1.29, 1.82) is 0 Å². The maximum absolute atomic E-state index is 12.6. The van der Waals surface area contributed by atoms with Crippen molar-refractivity contribution in [2.45, 2.75) is 12.8 Å². The number of carbonyl (C=O) groups excluding carboxylic acids is 2. The second-order valence-electron chi connectivity index (χ2n) is 4.71. The molecule has 0 aliphatic carbocycles. The molecule has 5 nitrogen and oxygen atoms in total. The number of nitrogens with zero attached hydrogens (tertiary/aromatic N) is 1. The van der Waals surface area contributed by atoms with E-state index < -0.39 is 0 Å². The SMILES string of the molecule is O=C1CCN(C(=O)c2ccccc2C#CCCO)CCN1. The lowest BCUT2D eigenvalue weighted by Gasteiger charge is -2.20. The van der Waals surface area contributed by atoms with Crippen LogP contribution in [0.3, 0.4) is 0 Å². The van der Waals surface area contributed by atoms with Gasteiger partial charge in [0.1, 0.15) is 0 Å². The Hall–Kier alpha value is -2.32. The van der Waals surface area contributed by atoms with Crippen molar-refractivity contribution >= 4 is 11.8 Å². The Bertz CT molecular complexity index is 587. The predicted molar refractivity (Wildman–Crippen MR) is 78.6 cm³/mol. The number of aliphatic hydroxyl groups is 1. The zero-order valence-electron chi connectivity index (χ0n) is 11.8. The maximum atomic E-state index is 12.6. The van der Waals surface area contributed by atoms with E-state index in [0.717, 1.165) is 0 Å². The monoisotopic (exact) mass is 286 g/mol. The third-order valence-corrected chi connectivity index (χ3v) is 3.22. The summed E-state index contributed by atoms with van der Waals surface area (Å²) in [5.74, 6) is 5.61. The summed E-state index contributed by atoms with van der Waals surface area (Å²) < 4.78 is 0. The van der Waals surface area contributed by atoms with Crippen LogP contribution in [0.25, 0.3) is 0 Å². The number of aliphatic hydroxyl groups excluding tert-OH is 1. The van der Waals surface area contributed by atoms with Crippen LogP contribution in [0, 0.1) is 11.8 Å². The van der Waals surface area contributed by atoms with E-state index in [-0.39, 0.29) is 18.4 Å². The topological polar surface area (TPSA) is 69.6 Å².